The third-order valence-corrected chi connectivity index (χ3v) is 12.7. The molecule has 2 aromatic heterocycles. The van der Waals surface area contributed by atoms with Crippen LogP contribution >= 0.6 is 0 Å². The molecule has 0 spiro atoms. The van der Waals surface area contributed by atoms with Gasteiger partial charge in [-0.05, 0) is 73.0 Å². The van der Waals surface area contributed by atoms with Crippen LogP contribution in [0, 0.1) is 23.7 Å². The highest BCUT2D eigenvalue weighted by Crippen LogP contribution is 2.44. The number of rotatable bonds is 12. The van der Waals surface area contributed by atoms with Crippen LogP contribution in [0.15, 0.2) is 43.8 Å². The lowest BCUT2D eigenvalue weighted by atomic mass is 9.72. The van der Waals surface area contributed by atoms with E-state index in [-0.39, 0.29) is 37.3 Å². The number of hydrogen-bond donors (Lipinski definition) is 1. The second-order valence-corrected chi connectivity index (χ2v) is 17.0. The minimum absolute atomic E-state index is 0.102. The molecule has 16 heteroatoms. The number of aromatic nitrogens is 4. The summed E-state index contributed by atoms with van der Waals surface area (Å²) in [5.74, 6) is -5.23. The summed E-state index contributed by atoms with van der Waals surface area (Å²) in [6.07, 6.45) is 6.76. The van der Waals surface area contributed by atoms with Crippen molar-refractivity contribution in [1.29, 1.82) is 0 Å². The molecule has 2 aromatic rings. The number of imidazole rings is 1. The first-order valence-electron chi connectivity index (χ1n) is 20.8. The van der Waals surface area contributed by atoms with Gasteiger partial charge in [-0.3, -0.25) is 29.3 Å². The number of ketones is 2. The lowest BCUT2D eigenvalue weighted by Gasteiger charge is -2.47. The second kappa shape index (κ2) is 19.1. The topological polar surface area (TPSA) is 185 Å². The van der Waals surface area contributed by atoms with E-state index in [0.717, 1.165) is 0 Å². The number of carbonyl (C=O) groups is 4. The Morgan fingerprint density at radius 2 is 1.73 bits per heavy atom. The molecule has 1 amide bonds. The third kappa shape index (κ3) is 9.46. The molecule has 59 heavy (non-hydrogen) atoms. The van der Waals surface area contributed by atoms with Crippen LogP contribution in [0.4, 0.5) is 4.79 Å². The number of ether oxygens (including phenoxy) is 5. The average Bonchev–Trinajstić information content (AvgIpc) is 3.82. The minimum Gasteiger partial charge on any atom is -0.457 e. The van der Waals surface area contributed by atoms with Gasteiger partial charge in [-0.15, -0.1) is 0 Å². The highest BCUT2D eigenvalue weighted by Gasteiger charge is 2.61. The monoisotopic (exact) mass is 824 g/mol. The fourth-order valence-corrected chi connectivity index (χ4v) is 9.31. The van der Waals surface area contributed by atoms with Crippen LogP contribution in [0.5, 0.6) is 0 Å². The molecule has 1 N–H and O–H groups in total. The van der Waals surface area contributed by atoms with Crippen molar-refractivity contribution < 1.29 is 48.0 Å². The van der Waals surface area contributed by atoms with Crippen molar-refractivity contribution in [3.63, 3.8) is 0 Å². The van der Waals surface area contributed by atoms with Crippen molar-refractivity contribution in [3.8, 4) is 11.4 Å². The predicted octanol–water partition coefficient (Wildman–Crippen LogP) is 4.49. The molecular weight excluding hydrogens is 761 g/mol. The van der Waals surface area contributed by atoms with Crippen LogP contribution in [-0.2, 0) is 44.6 Å². The number of amides is 1. The van der Waals surface area contributed by atoms with E-state index >= 15 is 0 Å². The quantitative estimate of drug-likeness (QED) is 0.137. The number of cyclic esters (lactones) is 1. The average molecular weight is 825 g/mol. The van der Waals surface area contributed by atoms with Crippen LogP contribution < -0.4 is 0 Å². The molecule has 0 aromatic carbocycles. The Labute approximate surface area is 348 Å². The standard InChI is InChI=1S/C43H64N6O10/c1-12-33-43(13-2)37(49(41(54)59-43)19-15-14-18-48-23-31(46-24-48)30-22-44-16-17-45-30)27(5)34(50)25(3)21-42(8,55-11)38(28(6)35(51)29(7)39(53)57-33)58-40-36(52)32(47(9)10)20-26(4)56-40/h13,16-17,22-29,32-33,36-38,40,52H,2,12,14-15,18-21H2,1,3-11H3/t25-,26-,27+,28+,29-,32+,33-,36-,37-,38-,40+,42-,43-/m1/s1. The van der Waals surface area contributed by atoms with Gasteiger partial charge in [0, 0.05) is 62.6 Å². The second-order valence-electron chi connectivity index (χ2n) is 17.0. The molecule has 0 saturated carbocycles. The lowest BCUT2D eigenvalue weighted by Crippen LogP contribution is -2.60. The van der Waals surface area contributed by atoms with Gasteiger partial charge in [-0.1, -0.05) is 34.3 Å². The summed E-state index contributed by atoms with van der Waals surface area (Å²) in [6.45, 7) is 17.0. The van der Waals surface area contributed by atoms with Gasteiger partial charge in [0.15, 0.2) is 17.7 Å². The van der Waals surface area contributed by atoms with Gasteiger partial charge in [-0.2, -0.15) is 0 Å². The van der Waals surface area contributed by atoms with Crippen LogP contribution in [0.1, 0.15) is 80.6 Å². The van der Waals surface area contributed by atoms with Gasteiger partial charge in [0.1, 0.15) is 35.3 Å². The number of methoxy groups -OCH3 is 1. The van der Waals surface area contributed by atoms with Crippen LogP contribution in [0.2, 0.25) is 0 Å². The molecule has 326 valence electrons. The van der Waals surface area contributed by atoms with Crippen molar-refractivity contribution in [2.45, 2.75) is 141 Å². The Morgan fingerprint density at radius 1 is 1.02 bits per heavy atom. The molecule has 16 nitrogen and oxygen atoms in total. The first-order chi connectivity index (χ1) is 27.9. The van der Waals surface area contributed by atoms with Gasteiger partial charge in [-0.25, -0.2) is 9.78 Å². The molecule has 0 unspecified atom stereocenters. The fourth-order valence-electron chi connectivity index (χ4n) is 9.31. The van der Waals surface area contributed by atoms with Crippen molar-refractivity contribution in [1.82, 2.24) is 29.3 Å². The number of nitrogens with zero attached hydrogens (tertiary/aromatic N) is 6. The number of fused-ring (bicyclic) bond motifs is 1. The van der Waals surface area contributed by atoms with Crippen molar-refractivity contribution in [2.75, 3.05) is 27.7 Å². The van der Waals surface area contributed by atoms with E-state index in [1.54, 1.807) is 64.4 Å². The van der Waals surface area contributed by atoms with Crippen molar-refractivity contribution in [2.24, 2.45) is 23.7 Å². The summed E-state index contributed by atoms with van der Waals surface area (Å²) in [4.78, 5) is 73.5. The van der Waals surface area contributed by atoms with Gasteiger partial charge in [0.25, 0.3) is 0 Å². The zero-order chi connectivity index (χ0) is 43.4. The zero-order valence-electron chi connectivity index (χ0n) is 36.3. The normalized spacial score (nSPS) is 36.2. The number of hydrogen-bond acceptors (Lipinski definition) is 14. The fraction of sp³-hybridized carbons (Fsp3) is 0.698. The largest absolute Gasteiger partial charge is 0.457 e. The highest BCUT2D eigenvalue weighted by molar-refractivity contribution is 6.00. The summed E-state index contributed by atoms with van der Waals surface area (Å²) in [5.41, 5.74) is -1.54. The Hall–Kier alpha value is -4.09. The zero-order valence-corrected chi connectivity index (χ0v) is 36.3. The minimum atomic E-state index is -1.60. The van der Waals surface area contributed by atoms with Crippen LogP contribution in [-0.4, -0.2) is 140 Å². The Bertz CT molecular complexity index is 1790. The van der Waals surface area contributed by atoms with Crippen molar-refractivity contribution >= 4 is 23.6 Å². The molecule has 13 atom stereocenters. The molecule has 0 bridgehead atoms. The molecule has 0 aliphatic carbocycles. The number of Topliss-reactive ketones (excluding diaryl/α,β-unsaturated/α-hetero) is 2. The first kappa shape index (κ1) is 46.0. The van der Waals surface area contributed by atoms with E-state index < -0.39 is 83.4 Å². The van der Waals surface area contributed by atoms with Gasteiger partial charge in [0.2, 0.25) is 0 Å². The van der Waals surface area contributed by atoms with E-state index in [2.05, 4.69) is 21.5 Å². The maximum absolute atomic E-state index is 14.8. The predicted molar refractivity (Wildman–Crippen MR) is 217 cm³/mol. The summed E-state index contributed by atoms with van der Waals surface area (Å²) in [5, 5.41) is 11.5. The first-order valence-corrected chi connectivity index (χ1v) is 20.8. The van der Waals surface area contributed by atoms with Gasteiger partial charge >= 0.3 is 12.1 Å². The number of unbranched alkanes of at least 4 members (excludes halogenated alkanes) is 1. The van der Waals surface area contributed by atoms with Gasteiger partial charge in [0.05, 0.1) is 36.4 Å². The summed E-state index contributed by atoms with van der Waals surface area (Å²) in [6, 6.07) is -1.19. The molecule has 3 aliphatic rings. The number of carbonyl (C=O) groups excluding carboxylic acids is 4. The van der Waals surface area contributed by atoms with E-state index in [9.17, 15) is 24.3 Å². The maximum Gasteiger partial charge on any atom is 0.411 e. The van der Waals surface area contributed by atoms with E-state index in [1.165, 1.54) is 20.1 Å². The molecule has 3 saturated heterocycles. The SMILES string of the molecule is C=C[C@]12OC(=O)N(CCCCn3cnc(-c4cnccn4)c3)[C@@H]1[C@@H](C)C(=O)[C@H](C)C[C@@](C)(OC)[C@H](O[C@@H]1O[C@H](C)C[C@H](N(C)C)[C@H]1O)[C@@H](C)C(=O)[C@@H](C)C(=O)O[C@@H]2CC. The molecule has 3 aliphatic heterocycles. The van der Waals surface area contributed by atoms with Gasteiger partial charge < -0.3 is 38.3 Å². The molecule has 0 radical (unpaired) electrons. The number of aryl methyl sites for hydroxylation is 1. The maximum atomic E-state index is 14.8. The highest BCUT2D eigenvalue weighted by atomic mass is 16.7. The molecule has 5 heterocycles. The Balaban J connectivity index is 1.46. The van der Waals surface area contributed by atoms with E-state index in [0.29, 0.717) is 37.2 Å². The van der Waals surface area contributed by atoms with E-state index in [4.69, 9.17) is 23.7 Å². The summed E-state index contributed by atoms with van der Waals surface area (Å²) < 4.78 is 33.2. The summed E-state index contributed by atoms with van der Waals surface area (Å²) >= 11 is 0. The van der Waals surface area contributed by atoms with E-state index in [1.807, 2.05) is 36.7 Å². The van der Waals surface area contributed by atoms with Crippen LogP contribution in [0.25, 0.3) is 11.4 Å². The number of esters is 1. The number of likely N-dealkylation sites (N-methyl/N-ethyl adjacent to an activating group) is 1. The Kier molecular flexibility index (Phi) is 14.9. The smallest absolute Gasteiger partial charge is 0.411 e. The molecular formula is C43H64N6O10. The number of aliphatic hydroxyl groups excluding tert-OH is 1. The molecule has 5 rings (SSSR count). The number of aliphatic hydroxyl groups is 1. The third-order valence-electron chi connectivity index (χ3n) is 12.7. The van der Waals surface area contributed by atoms with Crippen LogP contribution in [0.3, 0.4) is 0 Å². The molecule has 3 fully saturated rings. The lowest BCUT2D eigenvalue weighted by molar-refractivity contribution is -0.295. The Morgan fingerprint density at radius 3 is 2.36 bits per heavy atom. The summed E-state index contributed by atoms with van der Waals surface area (Å²) in [7, 11) is 5.22. The van der Waals surface area contributed by atoms with Crippen molar-refractivity contribution in [3.05, 3.63) is 43.8 Å².